The van der Waals surface area contributed by atoms with Gasteiger partial charge in [0, 0.05) is 6.20 Å². The summed E-state index contributed by atoms with van der Waals surface area (Å²) in [6, 6.07) is 0.465. The van der Waals surface area contributed by atoms with Crippen molar-refractivity contribution in [3.05, 3.63) is 17.7 Å². The van der Waals surface area contributed by atoms with E-state index in [2.05, 4.69) is 29.1 Å². The van der Waals surface area contributed by atoms with Gasteiger partial charge in [-0.2, -0.15) is 13.2 Å². The summed E-state index contributed by atoms with van der Waals surface area (Å²) >= 11 is 0. The van der Waals surface area contributed by atoms with Crippen molar-refractivity contribution in [1.29, 1.82) is 0 Å². The number of hydrogen-bond acceptors (Lipinski definition) is 3. The van der Waals surface area contributed by atoms with Gasteiger partial charge in [-0.25, -0.2) is 9.78 Å². The molecular weight excluding hydrogens is 275 g/mol. The molecule has 1 saturated heterocycles. The topological polar surface area (TPSA) is 78.0 Å². The molecule has 0 radical (unpaired) electrons. The second kappa shape index (κ2) is 6.74. The number of carboxylic acid groups (broad SMARTS) is 1. The van der Waals surface area contributed by atoms with Crippen LogP contribution in [-0.4, -0.2) is 33.8 Å². The smallest absolute Gasteiger partial charge is 0.475 e. The largest absolute Gasteiger partial charge is 0.490 e. The highest BCUT2D eigenvalue weighted by Gasteiger charge is 2.38. The fourth-order valence-corrected chi connectivity index (χ4v) is 1.74. The molecule has 2 heterocycles. The molecule has 1 aliphatic rings. The van der Waals surface area contributed by atoms with Crippen LogP contribution in [0.3, 0.4) is 0 Å². The zero-order valence-corrected chi connectivity index (χ0v) is 11.3. The summed E-state index contributed by atoms with van der Waals surface area (Å²) in [5.74, 6) is -1.12. The Balaban J connectivity index is 0.000000246. The number of aromatic nitrogens is 2. The van der Waals surface area contributed by atoms with Crippen molar-refractivity contribution in [3.63, 3.8) is 0 Å². The molecule has 1 aromatic heterocycles. The molecule has 1 fully saturated rings. The van der Waals surface area contributed by atoms with E-state index in [4.69, 9.17) is 9.90 Å². The quantitative estimate of drug-likeness (QED) is 0.783. The zero-order chi connectivity index (χ0) is 15.3. The van der Waals surface area contributed by atoms with Crippen molar-refractivity contribution >= 4 is 5.97 Å². The van der Waals surface area contributed by atoms with E-state index in [0.29, 0.717) is 12.0 Å². The maximum atomic E-state index is 10.6. The highest BCUT2D eigenvalue weighted by molar-refractivity contribution is 5.73. The number of aromatic amines is 1. The number of rotatable bonds is 2. The van der Waals surface area contributed by atoms with E-state index in [0.717, 1.165) is 12.4 Å². The molecule has 0 aliphatic carbocycles. The summed E-state index contributed by atoms with van der Waals surface area (Å²) in [6.07, 6.45) is -0.576. The van der Waals surface area contributed by atoms with Crippen molar-refractivity contribution in [1.82, 2.24) is 15.3 Å². The van der Waals surface area contributed by atoms with Crippen molar-refractivity contribution < 1.29 is 23.1 Å². The van der Waals surface area contributed by atoms with Crippen molar-refractivity contribution in [2.45, 2.75) is 44.8 Å². The summed E-state index contributed by atoms with van der Waals surface area (Å²) in [4.78, 5) is 16.7. The molecule has 0 amide bonds. The highest BCUT2D eigenvalue weighted by atomic mass is 19.4. The molecule has 114 valence electrons. The van der Waals surface area contributed by atoms with Gasteiger partial charge in [-0.1, -0.05) is 13.8 Å². The van der Waals surface area contributed by atoms with Crippen LogP contribution in [0, 0.1) is 0 Å². The summed E-state index contributed by atoms with van der Waals surface area (Å²) < 4.78 is 31.7. The SMILES string of the molecule is CC(C)c1c[nH]c(C2CCCN2)n1.O=C(O)C(F)(F)F. The molecule has 0 spiro atoms. The molecule has 20 heavy (non-hydrogen) atoms. The summed E-state index contributed by atoms with van der Waals surface area (Å²) in [7, 11) is 0. The minimum absolute atomic E-state index is 0.465. The van der Waals surface area contributed by atoms with E-state index in [1.165, 1.54) is 18.5 Å². The fourth-order valence-electron chi connectivity index (χ4n) is 1.74. The van der Waals surface area contributed by atoms with Crippen LogP contribution in [0.2, 0.25) is 0 Å². The van der Waals surface area contributed by atoms with E-state index < -0.39 is 12.1 Å². The molecule has 1 aromatic rings. The molecular formula is C12H18F3N3O2. The van der Waals surface area contributed by atoms with Crippen LogP contribution in [0.4, 0.5) is 13.2 Å². The monoisotopic (exact) mass is 293 g/mol. The molecule has 5 nitrogen and oxygen atoms in total. The van der Waals surface area contributed by atoms with Gasteiger partial charge in [-0.05, 0) is 25.3 Å². The van der Waals surface area contributed by atoms with E-state index in [1.807, 2.05) is 6.20 Å². The Bertz CT molecular complexity index is 437. The van der Waals surface area contributed by atoms with E-state index in [9.17, 15) is 13.2 Å². The zero-order valence-electron chi connectivity index (χ0n) is 11.3. The Labute approximate surface area is 114 Å². The van der Waals surface area contributed by atoms with E-state index in [1.54, 1.807) is 0 Å². The van der Waals surface area contributed by atoms with Gasteiger partial charge in [-0.3, -0.25) is 0 Å². The van der Waals surface area contributed by atoms with Gasteiger partial charge in [0.1, 0.15) is 5.82 Å². The molecule has 2 rings (SSSR count). The summed E-state index contributed by atoms with van der Waals surface area (Å²) in [6.45, 7) is 5.46. The molecule has 3 N–H and O–H groups in total. The molecule has 8 heteroatoms. The number of hydrogen-bond donors (Lipinski definition) is 3. The molecule has 1 unspecified atom stereocenters. The summed E-state index contributed by atoms with van der Waals surface area (Å²) in [5, 5.41) is 10.6. The maximum absolute atomic E-state index is 10.6. The van der Waals surface area contributed by atoms with Crippen molar-refractivity contribution in [2.75, 3.05) is 6.54 Å². The minimum Gasteiger partial charge on any atom is -0.475 e. The average molecular weight is 293 g/mol. The van der Waals surface area contributed by atoms with Gasteiger partial charge < -0.3 is 15.4 Å². The number of alkyl halides is 3. The van der Waals surface area contributed by atoms with Crippen LogP contribution in [0.15, 0.2) is 6.20 Å². The van der Waals surface area contributed by atoms with Gasteiger partial charge in [0.05, 0.1) is 11.7 Å². The van der Waals surface area contributed by atoms with Crippen LogP contribution < -0.4 is 5.32 Å². The third kappa shape index (κ3) is 4.84. The average Bonchev–Trinajstić information content (AvgIpc) is 2.99. The lowest BCUT2D eigenvalue weighted by molar-refractivity contribution is -0.192. The molecule has 0 aromatic carbocycles. The number of imidazole rings is 1. The lowest BCUT2D eigenvalue weighted by atomic mass is 10.1. The number of aliphatic carboxylic acids is 1. The first-order valence-corrected chi connectivity index (χ1v) is 6.30. The molecule has 1 atom stereocenters. The Morgan fingerprint density at radius 1 is 1.50 bits per heavy atom. The van der Waals surface area contributed by atoms with E-state index in [-0.39, 0.29) is 0 Å². The minimum atomic E-state index is -5.08. The van der Waals surface area contributed by atoms with Gasteiger partial charge in [0.25, 0.3) is 0 Å². The van der Waals surface area contributed by atoms with Crippen LogP contribution >= 0.6 is 0 Å². The van der Waals surface area contributed by atoms with Crippen LogP contribution in [0.25, 0.3) is 0 Å². The van der Waals surface area contributed by atoms with Crippen LogP contribution in [-0.2, 0) is 4.79 Å². The number of carboxylic acids is 1. The predicted octanol–water partition coefficient (Wildman–Crippen LogP) is 2.59. The fraction of sp³-hybridized carbons (Fsp3) is 0.667. The van der Waals surface area contributed by atoms with Crippen LogP contribution in [0.5, 0.6) is 0 Å². The number of nitrogens with zero attached hydrogens (tertiary/aromatic N) is 1. The first-order chi connectivity index (χ1) is 9.21. The third-order valence-corrected chi connectivity index (χ3v) is 2.84. The second-order valence-electron chi connectivity index (χ2n) is 4.82. The Hall–Kier alpha value is -1.57. The van der Waals surface area contributed by atoms with Crippen LogP contribution in [0.1, 0.15) is 50.2 Å². The van der Waals surface area contributed by atoms with Gasteiger partial charge in [0.15, 0.2) is 0 Å². The first kappa shape index (κ1) is 16.5. The van der Waals surface area contributed by atoms with Crippen molar-refractivity contribution in [3.8, 4) is 0 Å². The molecule has 0 bridgehead atoms. The maximum Gasteiger partial charge on any atom is 0.490 e. The number of halogens is 3. The standard InChI is InChI=1S/C10H17N3.C2HF3O2/c1-7(2)9-6-12-10(13-9)8-4-3-5-11-8;3-2(4,5)1(6)7/h6-8,11H,3-5H2,1-2H3,(H,12,13);(H,6,7). The lowest BCUT2D eigenvalue weighted by Gasteiger charge is -2.05. The van der Waals surface area contributed by atoms with Crippen molar-refractivity contribution in [2.24, 2.45) is 0 Å². The van der Waals surface area contributed by atoms with Gasteiger partial charge in [0.2, 0.25) is 0 Å². The Morgan fingerprint density at radius 3 is 2.45 bits per heavy atom. The summed E-state index contributed by atoms with van der Waals surface area (Å²) in [5.41, 5.74) is 1.17. The molecule has 0 saturated carbocycles. The molecule has 1 aliphatic heterocycles. The van der Waals surface area contributed by atoms with E-state index >= 15 is 0 Å². The Kier molecular flexibility index (Phi) is 5.55. The second-order valence-corrected chi connectivity index (χ2v) is 4.82. The van der Waals surface area contributed by atoms with Gasteiger partial charge in [-0.15, -0.1) is 0 Å². The number of nitrogens with one attached hydrogen (secondary N) is 2. The van der Waals surface area contributed by atoms with Gasteiger partial charge >= 0.3 is 12.1 Å². The first-order valence-electron chi connectivity index (χ1n) is 6.30. The number of carbonyl (C=O) groups is 1. The Morgan fingerprint density at radius 2 is 2.10 bits per heavy atom. The lowest BCUT2D eigenvalue weighted by Crippen LogP contribution is -2.21. The number of H-pyrrole nitrogens is 1. The normalized spacial score (nSPS) is 18.8. The highest BCUT2D eigenvalue weighted by Crippen LogP contribution is 2.21. The third-order valence-electron chi connectivity index (χ3n) is 2.84. The predicted molar refractivity (Wildman–Crippen MR) is 66.3 cm³/mol.